The van der Waals surface area contributed by atoms with Crippen molar-refractivity contribution in [3.8, 4) is 11.1 Å². The van der Waals surface area contributed by atoms with Gasteiger partial charge < -0.3 is 4.90 Å². The summed E-state index contributed by atoms with van der Waals surface area (Å²) in [7, 11) is 0. The third kappa shape index (κ3) is 3.27. The molecule has 0 saturated carbocycles. The zero-order valence-corrected chi connectivity index (χ0v) is 12.1. The lowest BCUT2D eigenvalue weighted by atomic mass is 9.98. The fraction of sp³-hybridized carbons (Fsp3) is 0.235. The van der Waals surface area contributed by atoms with E-state index in [1.807, 2.05) is 13.8 Å². The fourth-order valence-electron chi connectivity index (χ4n) is 2.31. The van der Waals surface area contributed by atoms with Gasteiger partial charge in [-0.05, 0) is 43.2 Å². The molecule has 0 radical (unpaired) electrons. The van der Waals surface area contributed by atoms with Gasteiger partial charge in [0.05, 0.1) is 0 Å². The van der Waals surface area contributed by atoms with Crippen LogP contribution in [0.25, 0.3) is 11.1 Å². The quantitative estimate of drug-likeness (QED) is 0.829. The highest BCUT2D eigenvalue weighted by molar-refractivity contribution is 6.00. The van der Waals surface area contributed by atoms with Gasteiger partial charge in [0.2, 0.25) is 0 Å². The molecule has 0 fully saturated rings. The molecule has 0 aliphatic rings. The van der Waals surface area contributed by atoms with Crippen molar-refractivity contribution in [3.05, 3.63) is 59.7 Å². The van der Waals surface area contributed by atoms with Crippen molar-refractivity contribution in [3.63, 3.8) is 0 Å². The number of halogens is 2. The van der Waals surface area contributed by atoms with Crippen LogP contribution in [0.3, 0.4) is 0 Å². The van der Waals surface area contributed by atoms with Crippen LogP contribution >= 0.6 is 0 Å². The molecule has 2 nitrogen and oxygen atoms in total. The lowest BCUT2D eigenvalue weighted by Gasteiger charge is -2.20. The van der Waals surface area contributed by atoms with Gasteiger partial charge in [-0.1, -0.05) is 18.2 Å². The summed E-state index contributed by atoms with van der Waals surface area (Å²) >= 11 is 0. The summed E-state index contributed by atoms with van der Waals surface area (Å²) in [6, 6.07) is 10.2. The van der Waals surface area contributed by atoms with Crippen LogP contribution in [0.15, 0.2) is 42.5 Å². The van der Waals surface area contributed by atoms with Crippen molar-refractivity contribution in [2.24, 2.45) is 0 Å². The number of nitrogens with zero attached hydrogens (tertiary/aromatic N) is 1. The molecule has 0 bridgehead atoms. The van der Waals surface area contributed by atoms with Crippen LogP contribution in [-0.2, 0) is 0 Å². The van der Waals surface area contributed by atoms with E-state index in [4.69, 9.17) is 0 Å². The first-order valence-corrected chi connectivity index (χ1v) is 6.91. The molecular weight excluding hydrogens is 272 g/mol. The van der Waals surface area contributed by atoms with Crippen molar-refractivity contribution in [2.45, 2.75) is 13.8 Å². The average Bonchev–Trinajstić information content (AvgIpc) is 2.47. The highest BCUT2D eigenvalue weighted by atomic mass is 19.1. The third-order valence-corrected chi connectivity index (χ3v) is 3.38. The zero-order valence-electron chi connectivity index (χ0n) is 12.1. The molecule has 110 valence electrons. The summed E-state index contributed by atoms with van der Waals surface area (Å²) in [5, 5.41) is 0. The molecule has 0 unspecified atom stereocenters. The summed E-state index contributed by atoms with van der Waals surface area (Å²) in [4.78, 5) is 14.2. The Balaban J connectivity index is 2.53. The maximum absolute atomic E-state index is 13.4. The second-order valence-corrected chi connectivity index (χ2v) is 4.68. The second kappa shape index (κ2) is 6.48. The molecule has 4 heteroatoms. The van der Waals surface area contributed by atoms with Crippen molar-refractivity contribution >= 4 is 5.91 Å². The molecule has 0 N–H and O–H groups in total. The van der Waals surface area contributed by atoms with Gasteiger partial charge in [0.1, 0.15) is 11.6 Å². The number of benzene rings is 2. The number of carbonyl (C=O) groups is 1. The van der Waals surface area contributed by atoms with E-state index in [2.05, 4.69) is 0 Å². The van der Waals surface area contributed by atoms with Gasteiger partial charge in [-0.25, -0.2) is 8.78 Å². The van der Waals surface area contributed by atoms with Gasteiger partial charge in [-0.2, -0.15) is 0 Å². The predicted molar refractivity (Wildman–Crippen MR) is 79.0 cm³/mol. The predicted octanol–water partition coefficient (Wildman–Crippen LogP) is 4.11. The number of rotatable bonds is 4. The summed E-state index contributed by atoms with van der Waals surface area (Å²) in [5.41, 5.74) is 1.35. The first kappa shape index (κ1) is 15.2. The van der Waals surface area contributed by atoms with Crippen LogP contribution in [0.4, 0.5) is 8.78 Å². The maximum Gasteiger partial charge on any atom is 0.254 e. The van der Waals surface area contributed by atoms with Crippen LogP contribution in [0.1, 0.15) is 24.2 Å². The van der Waals surface area contributed by atoms with E-state index in [1.54, 1.807) is 29.2 Å². The van der Waals surface area contributed by atoms with Crippen LogP contribution in [-0.4, -0.2) is 23.9 Å². The molecule has 0 aliphatic heterocycles. The zero-order chi connectivity index (χ0) is 15.4. The minimum Gasteiger partial charge on any atom is -0.339 e. The molecule has 2 rings (SSSR count). The Kier molecular flexibility index (Phi) is 4.68. The lowest BCUT2D eigenvalue weighted by molar-refractivity contribution is 0.0773. The van der Waals surface area contributed by atoms with Crippen molar-refractivity contribution in [1.29, 1.82) is 0 Å². The summed E-state index contributed by atoms with van der Waals surface area (Å²) < 4.78 is 26.8. The van der Waals surface area contributed by atoms with E-state index in [1.165, 1.54) is 12.1 Å². The van der Waals surface area contributed by atoms with E-state index >= 15 is 0 Å². The Bertz CT molecular complexity index is 631. The number of carbonyl (C=O) groups excluding carboxylic acids is 1. The van der Waals surface area contributed by atoms with Gasteiger partial charge in [-0.15, -0.1) is 0 Å². The normalized spacial score (nSPS) is 10.5. The van der Waals surface area contributed by atoms with Gasteiger partial charge in [0.15, 0.2) is 0 Å². The molecule has 0 heterocycles. The lowest BCUT2D eigenvalue weighted by Crippen LogP contribution is -2.30. The van der Waals surface area contributed by atoms with E-state index in [9.17, 15) is 13.6 Å². The monoisotopic (exact) mass is 289 g/mol. The number of amides is 1. The molecule has 1 amide bonds. The second-order valence-electron chi connectivity index (χ2n) is 4.68. The standard InChI is InChI=1S/C17H17F2NO/c1-3-20(4-2)17(21)16-8-6-5-7-15(16)12-9-13(18)11-14(19)10-12/h5-11H,3-4H2,1-2H3. The molecule has 2 aromatic rings. The van der Waals surface area contributed by atoms with Crippen LogP contribution in [0.5, 0.6) is 0 Å². The molecule has 2 aromatic carbocycles. The van der Waals surface area contributed by atoms with Crippen molar-refractivity contribution < 1.29 is 13.6 Å². The van der Waals surface area contributed by atoms with Gasteiger partial charge in [-0.3, -0.25) is 4.79 Å². The Hall–Kier alpha value is -2.23. The summed E-state index contributed by atoms with van der Waals surface area (Å²) in [6.07, 6.45) is 0. The maximum atomic E-state index is 13.4. The first-order chi connectivity index (χ1) is 10.1. The molecule has 0 aromatic heterocycles. The van der Waals surface area contributed by atoms with Crippen molar-refractivity contribution in [1.82, 2.24) is 4.90 Å². The largest absolute Gasteiger partial charge is 0.339 e. The van der Waals surface area contributed by atoms with E-state index < -0.39 is 11.6 Å². The molecule has 0 spiro atoms. The van der Waals surface area contributed by atoms with E-state index in [0.717, 1.165) is 6.07 Å². The minimum absolute atomic E-state index is 0.139. The highest BCUT2D eigenvalue weighted by Gasteiger charge is 2.17. The molecule has 21 heavy (non-hydrogen) atoms. The van der Waals surface area contributed by atoms with Crippen molar-refractivity contribution in [2.75, 3.05) is 13.1 Å². The molecule has 0 saturated heterocycles. The Labute approximate surface area is 123 Å². The Morgan fingerprint density at radius 1 is 1.00 bits per heavy atom. The van der Waals surface area contributed by atoms with Gasteiger partial charge in [0.25, 0.3) is 5.91 Å². The van der Waals surface area contributed by atoms with Crippen LogP contribution < -0.4 is 0 Å². The van der Waals surface area contributed by atoms with Gasteiger partial charge >= 0.3 is 0 Å². The summed E-state index contributed by atoms with van der Waals surface area (Å²) in [6.45, 7) is 4.96. The minimum atomic E-state index is -0.657. The summed E-state index contributed by atoms with van der Waals surface area (Å²) in [5.74, 6) is -1.45. The average molecular weight is 289 g/mol. The van der Waals surface area contributed by atoms with Gasteiger partial charge in [0, 0.05) is 24.7 Å². The fourth-order valence-corrected chi connectivity index (χ4v) is 2.31. The molecular formula is C17H17F2NO. The third-order valence-electron chi connectivity index (χ3n) is 3.38. The van der Waals surface area contributed by atoms with Crippen LogP contribution in [0.2, 0.25) is 0 Å². The number of hydrogen-bond acceptors (Lipinski definition) is 1. The molecule has 0 atom stereocenters. The van der Waals surface area contributed by atoms with E-state index in [0.29, 0.717) is 29.8 Å². The first-order valence-electron chi connectivity index (χ1n) is 6.91. The molecule has 0 aliphatic carbocycles. The van der Waals surface area contributed by atoms with E-state index in [-0.39, 0.29) is 5.91 Å². The smallest absolute Gasteiger partial charge is 0.254 e. The SMILES string of the molecule is CCN(CC)C(=O)c1ccccc1-c1cc(F)cc(F)c1. The topological polar surface area (TPSA) is 20.3 Å². The Morgan fingerprint density at radius 2 is 1.57 bits per heavy atom. The van der Waals surface area contributed by atoms with Crippen LogP contribution in [0, 0.1) is 11.6 Å². The Morgan fingerprint density at radius 3 is 2.14 bits per heavy atom. The number of hydrogen-bond donors (Lipinski definition) is 0. The highest BCUT2D eigenvalue weighted by Crippen LogP contribution is 2.26.